The fraction of sp³-hybridized carbons (Fsp3) is 0.412. The van der Waals surface area contributed by atoms with Gasteiger partial charge in [0.15, 0.2) is 0 Å². The van der Waals surface area contributed by atoms with Crippen LogP contribution in [0.5, 0.6) is 0 Å². The Morgan fingerprint density at radius 2 is 2.29 bits per heavy atom. The van der Waals surface area contributed by atoms with Gasteiger partial charge < -0.3 is 9.88 Å². The lowest BCUT2D eigenvalue weighted by molar-refractivity contribution is -0.120. The topological polar surface area (TPSA) is 46.9 Å². The number of hydrogen-bond donors (Lipinski definition) is 1. The molecule has 0 aliphatic carbocycles. The molecule has 110 valence electrons. The molecule has 1 atom stereocenters. The number of aromatic nitrogens is 2. The minimum absolute atomic E-state index is 0.109. The van der Waals surface area contributed by atoms with Crippen LogP contribution < -0.4 is 5.32 Å². The van der Waals surface area contributed by atoms with Crippen LogP contribution in [0.4, 0.5) is 0 Å². The number of aryl methyl sites for hydroxylation is 2. The molecule has 21 heavy (non-hydrogen) atoms. The zero-order valence-electron chi connectivity index (χ0n) is 12.4. The first-order chi connectivity index (χ1) is 10.2. The Labute approximate surface area is 125 Å². The van der Waals surface area contributed by atoms with E-state index in [2.05, 4.69) is 14.9 Å². The maximum Gasteiger partial charge on any atom is 0.224 e. The van der Waals surface area contributed by atoms with E-state index in [9.17, 15) is 4.79 Å². The van der Waals surface area contributed by atoms with E-state index in [1.807, 2.05) is 43.6 Å². The summed E-state index contributed by atoms with van der Waals surface area (Å²) >= 11 is 0. The van der Waals surface area contributed by atoms with Gasteiger partial charge in [0.2, 0.25) is 5.91 Å². The van der Waals surface area contributed by atoms with Crippen molar-refractivity contribution in [1.82, 2.24) is 14.9 Å². The molecule has 1 aliphatic heterocycles. The number of carbonyl (C=O) groups is 1. The van der Waals surface area contributed by atoms with Crippen molar-refractivity contribution in [1.29, 1.82) is 0 Å². The molecule has 1 amide bonds. The zero-order chi connectivity index (χ0) is 14.7. The molecule has 0 fully saturated rings. The largest absolute Gasteiger partial charge is 0.356 e. The second kappa shape index (κ2) is 6.12. The van der Waals surface area contributed by atoms with Gasteiger partial charge in [0.25, 0.3) is 0 Å². The summed E-state index contributed by atoms with van der Waals surface area (Å²) in [4.78, 5) is 16.4. The van der Waals surface area contributed by atoms with Crippen molar-refractivity contribution >= 4 is 5.91 Å². The van der Waals surface area contributed by atoms with Crippen molar-refractivity contribution < 1.29 is 4.79 Å². The molecule has 0 spiro atoms. The number of hydrogen-bond acceptors (Lipinski definition) is 2. The number of fused-ring (bicyclic) bond motifs is 1. The van der Waals surface area contributed by atoms with Crippen LogP contribution in [0, 0.1) is 12.8 Å². The normalized spacial score (nSPS) is 17.3. The van der Waals surface area contributed by atoms with Gasteiger partial charge in [-0.3, -0.25) is 4.79 Å². The standard InChI is InChI=1S/C17H21N3O/c1-13-4-2-3-5-15(13)11-17(21)19-12-14-6-8-20-9-7-18-16(20)10-14/h2-5,7,9,14H,6,8,10-12H2,1H3,(H,19,21). The van der Waals surface area contributed by atoms with Gasteiger partial charge in [0.05, 0.1) is 6.42 Å². The first kappa shape index (κ1) is 13.9. The Bertz CT molecular complexity index is 632. The van der Waals surface area contributed by atoms with Gasteiger partial charge in [-0.1, -0.05) is 24.3 Å². The predicted molar refractivity (Wildman–Crippen MR) is 81.9 cm³/mol. The smallest absolute Gasteiger partial charge is 0.224 e. The van der Waals surface area contributed by atoms with Gasteiger partial charge in [0.1, 0.15) is 5.82 Å². The van der Waals surface area contributed by atoms with Gasteiger partial charge in [-0.15, -0.1) is 0 Å². The van der Waals surface area contributed by atoms with Crippen molar-refractivity contribution in [2.45, 2.75) is 32.7 Å². The van der Waals surface area contributed by atoms with E-state index in [4.69, 9.17) is 0 Å². The molecule has 1 aromatic carbocycles. The number of rotatable bonds is 4. The van der Waals surface area contributed by atoms with Crippen LogP contribution in [-0.4, -0.2) is 22.0 Å². The summed E-state index contributed by atoms with van der Waals surface area (Å²) in [6.07, 6.45) is 6.41. The highest BCUT2D eigenvalue weighted by atomic mass is 16.1. The molecule has 0 saturated carbocycles. The van der Waals surface area contributed by atoms with E-state index >= 15 is 0 Å². The number of nitrogens with one attached hydrogen (secondary N) is 1. The molecule has 1 N–H and O–H groups in total. The highest BCUT2D eigenvalue weighted by Gasteiger charge is 2.19. The third-order valence-electron chi connectivity index (χ3n) is 4.25. The van der Waals surface area contributed by atoms with Crippen molar-refractivity contribution in [3.05, 3.63) is 53.6 Å². The number of amides is 1. The first-order valence-corrected chi connectivity index (χ1v) is 7.53. The lowest BCUT2D eigenvalue weighted by Crippen LogP contribution is -2.34. The summed E-state index contributed by atoms with van der Waals surface area (Å²) in [6, 6.07) is 8.05. The molecule has 0 bridgehead atoms. The maximum atomic E-state index is 12.1. The lowest BCUT2D eigenvalue weighted by atomic mass is 9.97. The van der Waals surface area contributed by atoms with Crippen molar-refractivity contribution in [3.63, 3.8) is 0 Å². The van der Waals surface area contributed by atoms with Crippen molar-refractivity contribution in [2.24, 2.45) is 5.92 Å². The summed E-state index contributed by atoms with van der Waals surface area (Å²) in [5, 5.41) is 3.08. The van der Waals surface area contributed by atoms with Crippen LogP contribution in [0.1, 0.15) is 23.4 Å². The minimum atomic E-state index is 0.109. The van der Waals surface area contributed by atoms with E-state index in [0.29, 0.717) is 12.3 Å². The van der Waals surface area contributed by atoms with Crippen LogP contribution in [0.2, 0.25) is 0 Å². The van der Waals surface area contributed by atoms with Crippen molar-refractivity contribution in [3.8, 4) is 0 Å². The molecule has 1 unspecified atom stereocenters. The Morgan fingerprint density at radius 1 is 1.43 bits per heavy atom. The first-order valence-electron chi connectivity index (χ1n) is 7.53. The lowest BCUT2D eigenvalue weighted by Gasteiger charge is -2.23. The second-order valence-corrected chi connectivity index (χ2v) is 5.80. The minimum Gasteiger partial charge on any atom is -0.356 e. The molecule has 1 aromatic heterocycles. The quantitative estimate of drug-likeness (QED) is 0.934. The highest BCUT2D eigenvalue weighted by Crippen LogP contribution is 2.18. The van der Waals surface area contributed by atoms with Crippen LogP contribution in [0.15, 0.2) is 36.7 Å². The van der Waals surface area contributed by atoms with E-state index in [1.165, 1.54) is 5.56 Å². The third kappa shape index (κ3) is 3.32. The average molecular weight is 283 g/mol. The van der Waals surface area contributed by atoms with Crippen LogP contribution in [-0.2, 0) is 24.2 Å². The molecule has 3 rings (SSSR count). The van der Waals surface area contributed by atoms with E-state index in [1.54, 1.807) is 0 Å². The van der Waals surface area contributed by atoms with Crippen LogP contribution in [0.25, 0.3) is 0 Å². The number of imidazole rings is 1. The fourth-order valence-corrected chi connectivity index (χ4v) is 2.89. The summed E-state index contributed by atoms with van der Waals surface area (Å²) < 4.78 is 2.20. The van der Waals surface area contributed by atoms with Gasteiger partial charge in [-0.05, 0) is 30.4 Å². The Hall–Kier alpha value is -2.10. The zero-order valence-corrected chi connectivity index (χ0v) is 12.4. The van der Waals surface area contributed by atoms with E-state index < -0.39 is 0 Å². The number of nitrogens with zero attached hydrogens (tertiary/aromatic N) is 2. The fourth-order valence-electron chi connectivity index (χ4n) is 2.89. The molecular weight excluding hydrogens is 262 g/mol. The van der Waals surface area contributed by atoms with Gasteiger partial charge in [-0.2, -0.15) is 0 Å². The predicted octanol–water partition coefficient (Wildman–Crippen LogP) is 2.11. The van der Waals surface area contributed by atoms with Crippen LogP contribution >= 0.6 is 0 Å². The van der Waals surface area contributed by atoms with E-state index in [-0.39, 0.29) is 5.91 Å². The third-order valence-corrected chi connectivity index (χ3v) is 4.25. The van der Waals surface area contributed by atoms with E-state index in [0.717, 1.165) is 37.3 Å². The number of carbonyl (C=O) groups excluding carboxylic acids is 1. The van der Waals surface area contributed by atoms with Gasteiger partial charge >= 0.3 is 0 Å². The molecule has 0 saturated heterocycles. The van der Waals surface area contributed by atoms with Gasteiger partial charge in [-0.25, -0.2) is 4.98 Å². The molecule has 4 nitrogen and oxygen atoms in total. The Balaban J connectivity index is 1.50. The molecular formula is C17H21N3O. The molecule has 0 radical (unpaired) electrons. The highest BCUT2D eigenvalue weighted by molar-refractivity contribution is 5.78. The summed E-state index contributed by atoms with van der Waals surface area (Å²) in [5.41, 5.74) is 2.28. The van der Waals surface area contributed by atoms with Gasteiger partial charge in [0, 0.05) is 31.9 Å². The number of benzene rings is 1. The monoisotopic (exact) mass is 283 g/mol. The maximum absolute atomic E-state index is 12.1. The molecule has 2 aromatic rings. The summed E-state index contributed by atoms with van der Waals surface area (Å²) in [5.74, 6) is 1.75. The second-order valence-electron chi connectivity index (χ2n) is 5.80. The summed E-state index contributed by atoms with van der Waals surface area (Å²) in [6.45, 7) is 3.80. The molecule has 1 aliphatic rings. The van der Waals surface area contributed by atoms with Crippen molar-refractivity contribution in [2.75, 3.05) is 6.54 Å². The Morgan fingerprint density at radius 3 is 3.14 bits per heavy atom. The average Bonchev–Trinajstić information content (AvgIpc) is 2.95. The summed E-state index contributed by atoms with van der Waals surface area (Å²) in [7, 11) is 0. The molecule has 2 heterocycles. The Kier molecular flexibility index (Phi) is 4.04. The van der Waals surface area contributed by atoms with Crippen LogP contribution in [0.3, 0.4) is 0 Å². The SMILES string of the molecule is Cc1ccccc1CC(=O)NCC1CCn2ccnc2C1. The molecule has 4 heteroatoms.